The number of hydrogen-bond donors (Lipinski definition) is 2. The number of ether oxygens (including phenoxy) is 1. The second-order valence-corrected chi connectivity index (χ2v) is 7.24. The van der Waals surface area contributed by atoms with Crippen molar-refractivity contribution < 1.29 is 19.1 Å². The zero-order valence-corrected chi connectivity index (χ0v) is 16.2. The van der Waals surface area contributed by atoms with E-state index in [0.717, 1.165) is 11.3 Å². The van der Waals surface area contributed by atoms with Gasteiger partial charge in [-0.15, -0.1) is 0 Å². The molecule has 1 fully saturated rings. The molecule has 1 aliphatic carbocycles. The number of carbonyl (C=O) groups excluding carboxylic acids is 3. The largest absolute Gasteiger partial charge is 0.465 e. The summed E-state index contributed by atoms with van der Waals surface area (Å²) in [4.78, 5) is 36.4. The molecular formula is C22H24N2O4. The number of benzene rings is 2. The van der Waals surface area contributed by atoms with Gasteiger partial charge in [-0.25, -0.2) is 4.79 Å². The number of amides is 2. The number of carbonyl (C=O) groups is 3. The number of hydrogen-bond acceptors (Lipinski definition) is 4. The lowest BCUT2D eigenvalue weighted by molar-refractivity contribution is -0.122. The zero-order chi connectivity index (χ0) is 20.3. The summed E-state index contributed by atoms with van der Waals surface area (Å²) in [5, 5.41) is 5.75. The molecule has 2 atom stereocenters. The fraction of sp³-hybridized carbons (Fsp3) is 0.318. The summed E-state index contributed by atoms with van der Waals surface area (Å²) in [5.74, 6) is -1.13. The third-order valence-electron chi connectivity index (χ3n) is 4.88. The van der Waals surface area contributed by atoms with Crippen LogP contribution in [0, 0.1) is 11.8 Å². The highest BCUT2D eigenvalue weighted by Crippen LogP contribution is 2.40. The molecule has 0 bridgehead atoms. The van der Waals surface area contributed by atoms with E-state index in [1.807, 2.05) is 24.3 Å². The maximum atomic E-state index is 12.5. The normalized spacial score (nSPS) is 17.7. The summed E-state index contributed by atoms with van der Waals surface area (Å²) in [6.07, 6.45) is 0.530. The van der Waals surface area contributed by atoms with Gasteiger partial charge in [0.05, 0.1) is 24.5 Å². The van der Waals surface area contributed by atoms with Gasteiger partial charge in [-0.1, -0.05) is 32.0 Å². The first-order valence-electron chi connectivity index (χ1n) is 9.29. The quantitative estimate of drug-likeness (QED) is 0.747. The van der Waals surface area contributed by atoms with Crippen molar-refractivity contribution in [2.45, 2.75) is 26.2 Å². The van der Waals surface area contributed by atoms with E-state index in [2.05, 4.69) is 29.2 Å². The summed E-state index contributed by atoms with van der Waals surface area (Å²) in [7, 11) is 1.32. The van der Waals surface area contributed by atoms with Gasteiger partial charge in [-0.05, 0) is 48.2 Å². The van der Waals surface area contributed by atoms with Gasteiger partial charge in [0.1, 0.15) is 0 Å². The van der Waals surface area contributed by atoms with E-state index in [-0.39, 0.29) is 23.7 Å². The first-order valence-corrected chi connectivity index (χ1v) is 9.29. The number of anilines is 2. The molecule has 1 aliphatic rings. The predicted molar refractivity (Wildman–Crippen MR) is 107 cm³/mol. The SMILES string of the molecule is COC(=O)c1ccc(NC(=O)C2CC2C(=O)Nc2ccccc2C(C)C)cc1. The molecule has 0 aromatic heterocycles. The molecule has 2 amide bonds. The molecule has 0 heterocycles. The summed E-state index contributed by atoms with van der Waals surface area (Å²) >= 11 is 0. The van der Waals surface area contributed by atoms with Crippen LogP contribution in [0.25, 0.3) is 0 Å². The van der Waals surface area contributed by atoms with Crippen molar-refractivity contribution in [2.24, 2.45) is 11.8 Å². The molecule has 6 nitrogen and oxygen atoms in total. The highest BCUT2D eigenvalue weighted by Gasteiger charge is 2.48. The van der Waals surface area contributed by atoms with Crippen LogP contribution in [0.3, 0.4) is 0 Å². The lowest BCUT2D eigenvalue weighted by atomic mass is 10.0. The van der Waals surface area contributed by atoms with Crippen molar-refractivity contribution >= 4 is 29.2 Å². The van der Waals surface area contributed by atoms with E-state index in [1.54, 1.807) is 24.3 Å². The van der Waals surface area contributed by atoms with Crippen molar-refractivity contribution in [1.29, 1.82) is 0 Å². The van der Waals surface area contributed by atoms with Gasteiger partial charge in [-0.3, -0.25) is 9.59 Å². The van der Waals surface area contributed by atoms with Gasteiger partial charge in [0.15, 0.2) is 0 Å². The maximum Gasteiger partial charge on any atom is 0.337 e. The summed E-state index contributed by atoms with van der Waals surface area (Å²) in [5.41, 5.74) is 2.86. The van der Waals surface area contributed by atoms with Crippen LogP contribution in [-0.4, -0.2) is 24.9 Å². The van der Waals surface area contributed by atoms with E-state index < -0.39 is 5.97 Å². The first-order chi connectivity index (χ1) is 13.4. The van der Waals surface area contributed by atoms with Crippen molar-refractivity contribution in [3.63, 3.8) is 0 Å². The Kier molecular flexibility index (Phi) is 5.78. The van der Waals surface area contributed by atoms with Crippen LogP contribution in [-0.2, 0) is 14.3 Å². The fourth-order valence-electron chi connectivity index (χ4n) is 3.16. The van der Waals surface area contributed by atoms with Crippen molar-refractivity contribution in [3.05, 3.63) is 59.7 Å². The Morgan fingerprint density at radius 2 is 1.54 bits per heavy atom. The Balaban J connectivity index is 1.57. The highest BCUT2D eigenvalue weighted by molar-refractivity contribution is 6.03. The minimum absolute atomic E-state index is 0.130. The van der Waals surface area contributed by atoms with E-state index in [1.165, 1.54) is 7.11 Å². The van der Waals surface area contributed by atoms with Crippen LogP contribution in [0.1, 0.15) is 42.1 Å². The number of nitrogens with one attached hydrogen (secondary N) is 2. The van der Waals surface area contributed by atoms with Gasteiger partial charge in [0.2, 0.25) is 11.8 Å². The predicted octanol–water partition coefficient (Wildman–Crippen LogP) is 3.81. The summed E-state index contributed by atoms with van der Waals surface area (Å²) in [6.45, 7) is 4.15. The zero-order valence-electron chi connectivity index (χ0n) is 16.2. The molecular weight excluding hydrogens is 356 g/mol. The topological polar surface area (TPSA) is 84.5 Å². The molecule has 0 saturated heterocycles. The van der Waals surface area contributed by atoms with Crippen LogP contribution in [0.4, 0.5) is 11.4 Å². The van der Waals surface area contributed by atoms with Crippen molar-refractivity contribution in [1.82, 2.24) is 0 Å². The minimum Gasteiger partial charge on any atom is -0.465 e. The molecule has 146 valence electrons. The van der Waals surface area contributed by atoms with Gasteiger partial charge < -0.3 is 15.4 Å². The maximum absolute atomic E-state index is 12.5. The summed E-state index contributed by atoms with van der Waals surface area (Å²) in [6, 6.07) is 14.2. The molecule has 0 radical (unpaired) electrons. The number of methoxy groups -OCH3 is 1. The van der Waals surface area contributed by atoms with E-state index in [9.17, 15) is 14.4 Å². The number of rotatable bonds is 6. The van der Waals surface area contributed by atoms with E-state index >= 15 is 0 Å². The van der Waals surface area contributed by atoms with Gasteiger partial charge in [0, 0.05) is 11.4 Å². The fourth-order valence-corrected chi connectivity index (χ4v) is 3.16. The van der Waals surface area contributed by atoms with Crippen LogP contribution >= 0.6 is 0 Å². The van der Waals surface area contributed by atoms with Crippen LogP contribution in [0.5, 0.6) is 0 Å². The Morgan fingerprint density at radius 1 is 0.929 bits per heavy atom. The first kappa shape index (κ1) is 19.6. The molecule has 2 aromatic carbocycles. The molecule has 2 unspecified atom stereocenters. The standard InChI is InChI=1S/C22H24N2O4/c1-13(2)16-6-4-5-7-19(16)24-21(26)18-12-17(18)20(25)23-15-10-8-14(9-11-15)22(27)28-3/h4-11,13,17-18H,12H2,1-3H3,(H,23,25)(H,24,26). The molecule has 28 heavy (non-hydrogen) atoms. The second kappa shape index (κ2) is 8.25. The molecule has 2 N–H and O–H groups in total. The second-order valence-electron chi connectivity index (χ2n) is 7.24. The Hall–Kier alpha value is -3.15. The number of para-hydroxylation sites is 1. The molecule has 6 heteroatoms. The Labute approximate surface area is 164 Å². The van der Waals surface area contributed by atoms with Gasteiger partial charge >= 0.3 is 5.97 Å². The van der Waals surface area contributed by atoms with Crippen LogP contribution < -0.4 is 10.6 Å². The van der Waals surface area contributed by atoms with Crippen LogP contribution in [0.15, 0.2) is 48.5 Å². The van der Waals surface area contributed by atoms with E-state index in [0.29, 0.717) is 23.6 Å². The molecule has 0 aliphatic heterocycles. The third-order valence-corrected chi connectivity index (χ3v) is 4.88. The summed E-state index contributed by atoms with van der Waals surface area (Å²) < 4.78 is 4.65. The lowest BCUT2D eigenvalue weighted by Crippen LogP contribution is -2.21. The van der Waals surface area contributed by atoms with Crippen LogP contribution in [0.2, 0.25) is 0 Å². The van der Waals surface area contributed by atoms with Gasteiger partial charge in [0.25, 0.3) is 0 Å². The molecule has 1 saturated carbocycles. The average Bonchev–Trinajstić information content (AvgIpc) is 3.49. The highest BCUT2D eigenvalue weighted by atomic mass is 16.5. The lowest BCUT2D eigenvalue weighted by Gasteiger charge is -2.13. The Bertz CT molecular complexity index is 890. The monoisotopic (exact) mass is 380 g/mol. The average molecular weight is 380 g/mol. The third kappa shape index (κ3) is 4.39. The number of esters is 1. The van der Waals surface area contributed by atoms with Crippen molar-refractivity contribution in [3.8, 4) is 0 Å². The minimum atomic E-state index is -0.432. The molecule has 2 aromatic rings. The van der Waals surface area contributed by atoms with Gasteiger partial charge in [-0.2, -0.15) is 0 Å². The van der Waals surface area contributed by atoms with Crippen molar-refractivity contribution in [2.75, 3.05) is 17.7 Å². The smallest absolute Gasteiger partial charge is 0.337 e. The Morgan fingerprint density at radius 3 is 2.14 bits per heavy atom. The molecule has 0 spiro atoms. The van der Waals surface area contributed by atoms with E-state index in [4.69, 9.17) is 0 Å². The molecule has 3 rings (SSSR count).